The van der Waals surface area contributed by atoms with Crippen LogP contribution in [0.25, 0.3) is 93.5 Å². The lowest BCUT2D eigenvalue weighted by molar-refractivity contribution is 1.18. The molecule has 300 valence electrons. The topological polar surface area (TPSA) is 8.17 Å². The van der Waals surface area contributed by atoms with Crippen LogP contribution in [0, 0.1) is 0 Å². The highest BCUT2D eigenvalue weighted by Crippen LogP contribution is 2.44. The number of aromatic nitrogens is 1. The Balaban J connectivity index is 0.936. The standard InChI is InChI=1S/C62H42N2/c1-3-16-43(17-4-1)44-30-32-45(33-31-44)46-34-38-50(39-35-46)63(49-19-5-2-6-20-49)51-40-36-47(37-41-51)53-22-11-13-27-59(53)64-60-28-14-12-25-57(60)62-56(26-15-29-61(62)64)58-42-48-18-7-8-21-52(48)54-23-9-10-24-55(54)58/h1-42H. The molecule has 0 aliphatic heterocycles. The quantitative estimate of drug-likeness (QED) is 0.139. The van der Waals surface area contributed by atoms with Crippen LogP contribution in [0.5, 0.6) is 0 Å². The average molecular weight is 815 g/mol. The van der Waals surface area contributed by atoms with Crippen molar-refractivity contribution in [1.82, 2.24) is 4.57 Å². The first-order valence-corrected chi connectivity index (χ1v) is 22.0. The van der Waals surface area contributed by atoms with Crippen LogP contribution in [0.15, 0.2) is 255 Å². The Bertz CT molecular complexity index is 3620. The smallest absolute Gasteiger partial charge is 0.0547 e. The molecule has 0 spiro atoms. The molecule has 0 saturated heterocycles. The van der Waals surface area contributed by atoms with Gasteiger partial charge in [0, 0.05) is 33.4 Å². The summed E-state index contributed by atoms with van der Waals surface area (Å²) in [6, 6.07) is 92.5. The van der Waals surface area contributed by atoms with Gasteiger partial charge in [-0.3, -0.25) is 0 Å². The molecule has 0 aliphatic rings. The minimum atomic E-state index is 1.09. The van der Waals surface area contributed by atoms with E-state index in [4.69, 9.17) is 0 Å². The highest BCUT2D eigenvalue weighted by atomic mass is 15.1. The van der Waals surface area contributed by atoms with Crippen molar-refractivity contribution in [3.05, 3.63) is 255 Å². The third-order valence-electron chi connectivity index (χ3n) is 12.8. The van der Waals surface area contributed by atoms with Crippen LogP contribution in [-0.2, 0) is 0 Å². The Morgan fingerprint density at radius 3 is 1.44 bits per heavy atom. The number of para-hydroxylation sites is 3. The molecule has 2 nitrogen and oxygen atoms in total. The van der Waals surface area contributed by atoms with Gasteiger partial charge in [-0.1, -0.05) is 194 Å². The zero-order valence-electron chi connectivity index (χ0n) is 35.1. The molecule has 0 atom stereocenters. The van der Waals surface area contributed by atoms with Crippen LogP contribution < -0.4 is 4.90 Å². The van der Waals surface area contributed by atoms with E-state index in [2.05, 4.69) is 264 Å². The highest BCUT2D eigenvalue weighted by Gasteiger charge is 2.20. The van der Waals surface area contributed by atoms with Crippen molar-refractivity contribution in [3.8, 4) is 50.2 Å². The monoisotopic (exact) mass is 814 g/mol. The Morgan fingerprint density at radius 2 is 0.734 bits per heavy atom. The van der Waals surface area contributed by atoms with Gasteiger partial charge in [0.05, 0.1) is 16.7 Å². The molecule has 0 bridgehead atoms. The number of fused-ring (bicyclic) bond motifs is 6. The molecular formula is C62H42N2. The number of benzene rings is 11. The second-order valence-electron chi connectivity index (χ2n) is 16.5. The molecule has 2 heteroatoms. The minimum absolute atomic E-state index is 1.09. The molecule has 1 aromatic heterocycles. The fraction of sp³-hybridized carbons (Fsp3) is 0. The first kappa shape index (κ1) is 37.3. The van der Waals surface area contributed by atoms with Crippen molar-refractivity contribution in [1.29, 1.82) is 0 Å². The molecule has 11 aromatic carbocycles. The van der Waals surface area contributed by atoms with Gasteiger partial charge in [0.1, 0.15) is 0 Å². The summed E-state index contributed by atoms with van der Waals surface area (Å²) in [5.41, 5.74) is 16.5. The van der Waals surface area contributed by atoms with E-state index in [0.717, 1.165) is 28.3 Å². The molecule has 0 N–H and O–H groups in total. The zero-order valence-corrected chi connectivity index (χ0v) is 35.1. The van der Waals surface area contributed by atoms with E-state index in [9.17, 15) is 0 Å². The normalized spacial score (nSPS) is 11.4. The largest absolute Gasteiger partial charge is 0.311 e. The van der Waals surface area contributed by atoms with Crippen LogP contribution >= 0.6 is 0 Å². The lowest BCUT2D eigenvalue weighted by Crippen LogP contribution is -2.09. The summed E-state index contributed by atoms with van der Waals surface area (Å²) in [6.45, 7) is 0. The van der Waals surface area contributed by atoms with Crippen LogP contribution in [0.1, 0.15) is 0 Å². The maximum absolute atomic E-state index is 2.47. The molecule has 12 rings (SSSR count). The van der Waals surface area contributed by atoms with Gasteiger partial charge in [-0.25, -0.2) is 0 Å². The summed E-state index contributed by atoms with van der Waals surface area (Å²) in [6.07, 6.45) is 0. The van der Waals surface area contributed by atoms with Crippen LogP contribution in [0.3, 0.4) is 0 Å². The number of hydrogen-bond donors (Lipinski definition) is 0. The average Bonchev–Trinajstić information content (AvgIpc) is 3.72. The maximum atomic E-state index is 2.47. The Kier molecular flexibility index (Phi) is 9.20. The second kappa shape index (κ2) is 15.8. The first-order chi connectivity index (χ1) is 31.8. The SMILES string of the molecule is c1ccc(-c2ccc(-c3ccc(N(c4ccccc4)c4ccc(-c5ccccc5-n5c6ccccc6c6c(-c7cc8ccccc8c8ccccc78)cccc65)cc4)cc3)cc2)cc1. The number of rotatable bonds is 8. The molecule has 0 amide bonds. The Hall–Kier alpha value is -8.46. The summed E-state index contributed by atoms with van der Waals surface area (Å²) in [5, 5.41) is 7.57. The van der Waals surface area contributed by atoms with Crippen molar-refractivity contribution in [3.63, 3.8) is 0 Å². The molecule has 0 aliphatic carbocycles. The fourth-order valence-electron chi connectivity index (χ4n) is 9.80. The summed E-state index contributed by atoms with van der Waals surface area (Å²) in [5.74, 6) is 0. The molecule has 1 heterocycles. The van der Waals surface area contributed by atoms with Crippen LogP contribution in [0.4, 0.5) is 17.1 Å². The molecule has 0 saturated carbocycles. The van der Waals surface area contributed by atoms with E-state index in [1.54, 1.807) is 0 Å². The van der Waals surface area contributed by atoms with Gasteiger partial charge in [-0.2, -0.15) is 0 Å². The number of nitrogens with zero attached hydrogens (tertiary/aromatic N) is 2. The summed E-state index contributed by atoms with van der Waals surface area (Å²) in [7, 11) is 0. The van der Waals surface area contributed by atoms with Crippen molar-refractivity contribution >= 4 is 60.4 Å². The predicted octanol–water partition coefficient (Wildman–Crippen LogP) is 17.2. The summed E-state index contributed by atoms with van der Waals surface area (Å²) < 4.78 is 2.47. The van der Waals surface area contributed by atoms with Gasteiger partial charge in [-0.15, -0.1) is 0 Å². The van der Waals surface area contributed by atoms with Crippen LogP contribution in [-0.4, -0.2) is 4.57 Å². The van der Waals surface area contributed by atoms with E-state index in [0.29, 0.717) is 0 Å². The van der Waals surface area contributed by atoms with Gasteiger partial charge in [0.15, 0.2) is 0 Å². The van der Waals surface area contributed by atoms with Gasteiger partial charge in [0.25, 0.3) is 0 Å². The first-order valence-electron chi connectivity index (χ1n) is 22.0. The molecule has 12 aromatic rings. The van der Waals surface area contributed by atoms with Crippen molar-refractivity contribution < 1.29 is 0 Å². The van der Waals surface area contributed by atoms with E-state index >= 15 is 0 Å². The second-order valence-corrected chi connectivity index (χ2v) is 16.5. The number of hydrogen-bond acceptors (Lipinski definition) is 1. The molecule has 64 heavy (non-hydrogen) atoms. The molecule has 0 unspecified atom stereocenters. The van der Waals surface area contributed by atoms with Gasteiger partial charge in [0.2, 0.25) is 0 Å². The summed E-state index contributed by atoms with van der Waals surface area (Å²) in [4.78, 5) is 2.34. The van der Waals surface area contributed by atoms with E-state index < -0.39 is 0 Å². The summed E-state index contributed by atoms with van der Waals surface area (Å²) >= 11 is 0. The van der Waals surface area contributed by atoms with Crippen molar-refractivity contribution in [2.45, 2.75) is 0 Å². The Labute approximate surface area is 373 Å². The third-order valence-corrected chi connectivity index (χ3v) is 12.8. The van der Waals surface area contributed by atoms with Gasteiger partial charge >= 0.3 is 0 Å². The zero-order chi connectivity index (χ0) is 42.4. The lowest BCUT2D eigenvalue weighted by Gasteiger charge is -2.26. The molecule has 0 fully saturated rings. The van der Waals surface area contributed by atoms with Crippen molar-refractivity contribution in [2.24, 2.45) is 0 Å². The number of anilines is 3. The molecular weight excluding hydrogens is 773 g/mol. The fourth-order valence-corrected chi connectivity index (χ4v) is 9.80. The highest BCUT2D eigenvalue weighted by molar-refractivity contribution is 6.21. The van der Waals surface area contributed by atoms with E-state index in [1.165, 1.54) is 82.3 Å². The third kappa shape index (κ3) is 6.44. The van der Waals surface area contributed by atoms with Gasteiger partial charge in [-0.05, 0) is 121 Å². The van der Waals surface area contributed by atoms with E-state index in [-0.39, 0.29) is 0 Å². The van der Waals surface area contributed by atoms with Crippen molar-refractivity contribution in [2.75, 3.05) is 4.90 Å². The Morgan fingerprint density at radius 1 is 0.266 bits per heavy atom. The van der Waals surface area contributed by atoms with Crippen LogP contribution in [0.2, 0.25) is 0 Å². The van der Waals surface area contributed by atoms with E-state index in [1.807, 2.05) is 0 Å². The lowest BCUT2D eigenvalue weighted by atomic mass is 9.91. The minimum Gasteiger partial charge on any atom is -0.311 e. The molecule has 0 radical (unpaired) electrons. The maximum Gasteiger partial charge on any atom is 0.0547 e. The van der Waals surface area contributed by atoms with Gasteiger partial charge < -0.3 is 9.47 Å². The predicted molar refractivity (Wildman–Crippen MR) is 272 cm³/mol.